The zero-order valence-corrected chi connectivity index (χ0v) is 23.3. The van der Waals surface area contributed by atoms with Crippen molar-refractivity contribution < 1.29 is 24.2 Å². The van der Waals surface area contributed by atoms with E-state index in [1.807, 2.05) is 39.0 Å². The molecular weight excluding hydrogens is 508 g/mol. The molecule has 1 aliphatic carbocycles. The number of likely N-dealkylation sites (N-methyl/N-ethyl adjacent to an activating group) is 1. The lowest BCUT2D eigenvalue weighted by atomic mass is 9.92. The molecule has 9 heteroatoms. The summed E-state index contributed by atoms with van der Waals surface area (Å²) in [6, 6.07) is 12.2. The van der Waals surface area contributed by atoms with E-state index in [2.05, 4.69) is 17.9 Å². The Hall–Kier alpha value is -3.17. The van der Waals surface area contributed by atoms with Gasteiger partial charge >= 0.3 is 5.97 Å². The normalized spacial score (nSPS) is 15.7. The van der Waals surface area contributed by atoms with E-state index in [1.165, 1.54) is 37.4 Å². The summed E-state index contributed by atoms with van der Waals surface area (Å²) < 4.78 is 11.2. The van der Waals surface area contributed by atoms with Gasteiger partial charge in [-0.05, 0) is 69.5 Å². The molecule has 0 radical (unpaired) electrons. The molecule has 196 valence electrons. The number of rotatable bonds is 5. The molecule has 2 aliphatic rings. The molecule has 1 aromatic heterocycles. The summed E-state index contributed by atoms with van der Waals surface area (Å²) in [5.74, 6) is 0.0125. The topological polar surface area (TPSA) is 88.1 Å². The second-order valence-electron chi connectivity index (χ2n) is 9.70. The number of benzene rings is 2. The van der Waals surface area contributed by atoms with E-state index < -0.39 is 11.5 Å². The quantitative estimate of drug-likeness (QED) is 0.270. The van der Waals surface area contributed by atoms with Gasteiger partial charge in [-0.1, -0.05) is 6.07 Å². The lowest BCUT2D eigenvalue weighted by Gasteiger charge is -2.39. The van der Waals surface area contributed by atoms with Gasteiger partial charge in [0.15, 0.2) is 0 Å². The van der Waals surface area contributed by atoms with Crippen LogP contribution in [0.2, 0.25) is 0 Å². The monoisotopic (exact) mass is 540 g/mol. The van der Waals surface area contributed by atoms with Crippen LogP contribution in [0.4, 0.5) is 11.4 Å². The van der Waals surface area contributed by atoms with E-state index in [-0.39, 0.29) is 18.3 Å². The molecule has 2 heterocycles. The molecule has 1 fully saturated rings. The van der Waals surface area contributed by atoms with Crippen LogP contribution >= 0.6 is 24.0 Å². The molecule has 0 spiro atoms. The second-order valence-corrected chi connectivity index (χ2v) is 11.7. The Morgan fingerprint density at radius 1 is 1.19 bits per heavy atom. The number of amides is 1. The minimum atomic E-state index is -0.776. The first-order chi connectivity index (χ1) is 17.5. The van der Waals surface area contributed by atoms with Crippen LogP contribution < -0.4 is 15.0 Å². The molecule has 1 aliphatic heterocycles. The van der Waals surface area contributed by atoms with Gasteiger partial charge in [0.1, 0.15) is 28.5 Å². The number of thiophene rings is 1. The first kappa shape index (κ1) is 26.9. The van der Waals surface area contributed by atoms with Crippen LogP contribution in [-0.4, -0.2) is 41.9 Å². The lowest BCUT2D eigenvalue weighted by molar-refractivity contribution is -0.121. The molecule has 0 atom stereocenters. The highest BCUT2D eigenvalue weighted by Gasteiger charge is 2.39. The van der Waals surface area contributed by atoms with Gasteiger partial charge in [-0.25, -0.2) is 4.79 Å². The molecule has 0 unspecified atom stereocenters. The third-order valence-corrected chi connectivity index (χ3v) is 7.71. The van der Waals surface area contributed by atoms with E-state index in [1.54, 1.807) is 30.1 Å². The molecule has 7 nitrogen and oxygen atoms in total. The van der Waals surface area contributed by atoms with Crippen molar-refractivity contribution in [3.63, 3.8) is 0 Å². The molecule has 1 saturated carbocycles. The van der Waals surface area contributed by atoms with Crippen molar-refractivity contribution in [3.8, 4) is 22.6 Å². The maximum absolute atomic E-state index is 13.0. The fourth-order valence-electron chi connectivity index (χ4n) is 4.16. The number of aromatic hydroxyl groups is 1. The van der Waals surface area contributed by atoms with Crippen molar-refractivity contribution in [2.24, 2.45) is 0 Å². The number of esters is 1. The number of aryl methyl sites for hydroxylation is 1. The fourth-order valence-corrected chi connectivity index (χ4v) is 5.07. The highest BCUT2D eigenvalue weighted by Crippen LogP contribution is 2.44. The summed E-state index contributed by atoms with van der Waals surface area (Å²) in [6.45, 7) is 5.53. The second kappa shape index (κ2) is 10.7. The Morgan fingerprint density at radius 2 is 1.86 bits per heavy atom. The maximum Gasteiger partial charge on any atom is 0.348 e. The number of carbonyl (C=O) groups excluding carboxylic acids is 2. The molecule has 1 amide bonds. The van der Waals surface area contributed by atoms with Gasteiger partial charge in [-0.15, -0.1) is 11.3 Å². The maximum atomic E-state index is 13.0. The Kier molecular flexibility index (Phi) is 7.75. The van der Waals surface area contributed by atoms with Crippen LogP contribution in [0, 0.1) is 6.92 Å². The van der Waals surface area contributed by atoms with Gasteiger partial charge in [0.25, 0.3) is 5.91 Å². The van der Waals surface area contributed by atoms with Crippen LogP contribution in [-0.2, 0) is 16.1 Å². The average molecular weight is 541 g/mol. The Balaban J connectivity index is 0.000000730. The van der Waals surface area contributed by atoms with Crippen molar-refractivity contribution in [1.82, 2.24) is 0 Å². The van der Waals surface area contributed by atoms with Gasteiger partial charge in [0.05, 0.1) is 18.5 Å². The standard InChI is InChI=1S/C25H26N2O5S.C3H6S/c1-14-6-11-21(33-14)23(29)32-13-18-16(17-8-7-15(28)12-20(17)31-5)9-10-19-22(18)27(4)24(30)25(2,3)26-19;4-3-1-2-3/h6-12,26,28H,13H2,1-5H3;3-4H,1-2H2. The summed E-state index contributed by atoms with van der Waals surface area (Å²) in [7, 11) is 3.24. The summed E-state index contributed by atoms with van der Waals surface area (Å²) in [4.78, 5) is 28.9. The van der Waals surface area contributed by atoms with Crippen LogP contribution in [0.25, 0.3) is 11.1 Å². The number of anilines is 2. The number of ether oxygens (including phenoxy) is 2. The number of phenolic OH excluding ortho intramolecular Hbond substituents is 1. The molecule has 2 N–H and O–H groups in total. The first-order valence-corrected chi connectivity index (χ1v) is 13.4. The summed E-state index contributed by atoms with van der Waals surface area (Å²) >= 11 is 5.45. The van der Waals surface area contributed by atoms with Crippen molar-refractivity contribution in [1.29, 1.82) is 0 Å². The fraction of sp³-hybridized carbons (Fsp3) is 0.357. The zero-order valence-electron chi connectivity index (χ0n) is 21.6. The first-order valence-electron chi connectivity index (χ1n) is 12.0. The minimum Gasteiger partial charge on any atom is -0.508 e. The SMILES string of the molecule is COc1cc(O)ccc1-c1ccc2c(c1COC(=O)c1ccc(C)s1)N(C)C(=O)C(C)(C)N2.SC1CC1. The summed E-state index contributed by atoms with van der Waals surface area (Å²) in [5.41, 5.74) is 2.74. The van der Waals surface area contributed by atoms with Crippen LogP contribution in [0.3, 0.4) is 0 Å². The highest BCUT2D eigenvalue weighted by atomic mass is 32.1. The highest BCUT2D eigenvalue weighted by molar-refractivity contribution is 7.81. The van der Waals surface area contributed by atoms with Gasteiger partial charge < -0.3 is 24.8 Å². The third kappa shape index (κ3) is 5.88. The smallest absolute Gasteiger partial charge is 0.348 e. The van der Waals surface area contributed by atoms with E-state index in [4.69, 9.17) is 9.47 Å². The zero-order chi connectivity index (χ0) is 26.9. The van der Waals surface area contributed by atoms with E-state index >= 15 is 0 Å². The van der Waals surface area contributed by atoms with Gasteiger partial charge in [-0.3, -0.25) is 4.79 Å². The molecule has 0 bridgehead atoms. The molecule has 37 heavy (non-hydrogen) atoms. The number of thiol groups is 1. The molecular formula is C28H32N2O5S2. The number of fused-ring (bicyclic) bond motifs is 1. The van der Waals surface area contributed by atoms with Crippen LogP contribution in [0.15, 0.2) is 42.5 Å². The van der Waals surface area contributed by atoms with E-state index in [0.717, 1.165) is 21.4 Å². The molecule has 3 aromatic rings. The molecule has 5 rings (SSSR count). The van der Waals surface area contributed by atoms with Crippen molar-refractivity contribution >= 4 is 47.2 Å². The number of methoxy groups -OCH3 is 1. The Morgan fingerprint density at radius 3 is 2.46 bits per heavy atom. The Labute approximate surface area is 226 Å². The van der Waals surface area contributed by atoms with Crippen molar-refractivity contribution in [2.45, 2.75) is 51.0 Å². The number of nitrogens with one attached hydrogen (secondary N) is 1. The average Bonchev–Trinajstić information content (AvgIpc) is 3.52. The van der Waals surface area contributed by atoms with Crippen molar-refractivity contribution in [3.05, 3.63) is 57.8 Å². The minimum absolute atomic E-state index is 0.0436. The number of hydrogen-bond acceptors (Lipinski definition) is 8. The number of hydrogen-bond donors (Lipinski definition) is 3. The van der Waals surface area contributed by atoms with Crippen molar-refractivity contribution in [2.75, 3.05) is 24.4 Å². The molecule has 2 aromatic carbocycles. The predicted molar refractivity (Wildman–Crippen MR) is 151 cm³/mol. The predicted octanol–water partition coefficient (Wildman–Crippen LogP) is 6.04. The van der Waals surface area contributed by atoms with Gasteiger partial charge in [0, 0.05) is 34.4 Å². The van der Waals surface area contributed by atoms with Gasteiger partial charge in [0.2, 0.25) is 0 Å². The Bertz CT molecular complexity index is 1330. The van der Waals surface area contributed by atoms with Crippen LogP contribution in [0.1, 0.15) is 46.8 Å². The number of phenols is 1. The largest absolute Gasteiger partial charge is 0.508 e. The number of carbonyl (C=O) groups is 2. The summed E-state index contributed by atoms with van der Waals surface area (Å²) in [6.07, 6.45) is 2.70. The van der Waals surface area contributed by atoms with E-state index in [9.17, 15) is 14.7 Å². The number of nitrogens with zero attached hydrogens (tertiary/aromatic N) is 1. The summed E-state index contributed by atoms with van der Waals surface area (Å²) in [5, 5.41) is 14.0. The van der Waals surface area contributed by atoms with E-state index in [0.29, 0.717) is 27.4 Å². The van der Waals surface area contributed by atoms with Gasteiger partial charge in [-0.2, -0.15) is 12.6 Å². The third-order valence-electron chi connectivity index (χ3n) is 6.22. The lowest BCUT2D eigenvalue weighted by Crippen LogP contribution is -2.52. The molecule has 0 saturated heterocycles. The van der Waals surface area contributed by atoms with Crippen LogP contribution in [0.5, 0.6) is 11.5 Å².